The minimum atomic E-state index is -2.99. The number of nitrogens with zero attached hydrogens (tertiary/aromatic N) is 1. The summed E-state index contributed by atoms with van der Waals surface area (Å²) in [4.78, 5) is 0. The third-order valence-electron chi connectivity index (χ3n) is 2.36. The van der Waals surface area contributed by atoms with Crippen molar-refractivity contribution in [2.45, 2.75) is 31.7 Å². The summed E-state index contributed by atoms with van der Waals surface area (Å²) < 4.78 is 24.7. The molecule has 1 fully saturated rings. The molecule has 0 spiro atoms. The van der Waals surface area contributed by atoms with Crippen molar-refractivity contribution in [3.8, 4) is 0 Å². The molecule has 1 aliphatic rings. The number of nitrogens with two attached hydrogens (primary N) is 1. The maximum atomic E-state index is 11.6. The smallest absolute Gasteiger partial charge is 0.214 e. The summed E-state index contributed by atoms with van der Waals surface area (Å²) in [6, 6.07) is 0.280. The number of hydrogen-bond acceptors (Lipinski definition) is 3. The summed E-state index contributed by atoms with van der Waals surface area (Å²) in [5, 5.41) is 0. The van der Waals surface area contributed by atoms with E-state index in [1.54, 1.807) is 7.05 Å². The van der Waals surface area contributed by atoms with Gasteiger partial charge in [-0.1, -0.05) is 0 Å². The molecule has 1 aliphatic carbocycles. The van der Waals surface area contributed by atoms with Gasteiger partial charge in [-0.2, -0.15) is 0 Å². The topological polar surface area (TPSA) is 63.4 Å². The summed E-state index contributed by atoms with van der Waals surface area (Å²) in [6.45, 7) is 0.572. The van der Waals surface area contributed by atoms with Gasteiger partial charge in [-0.15, -0.1) is 0 Å². The van der Waals surface area contributed by atoms with Crippen LogP contribution in [0.3, 0.4) is 0 Å². The molecule has 1 saturated carbocycles. The van der Waals surface area contributed by atoms with E-state index in [-0.39, 0.29) is 11.8 Å². The van der Waals surface area contributed by atoms with E-state index in [0.717, 1.165) is 19.3 Å². The fraction of sp³-hybridized carbons (Fsp3) is 1.00. The van der Waals surface area contributed by atoms with Gasteiger partial charge in [-0.3, -0.25) is 0 Å². The molecule has 0 aromatic heterocycles. The Morgan fingerprint density at radius 1 is 1.38 bits per heavy atom. The lowest BCUT2D eigenvalue weighted by molar-refractivity contribution is 0.462. The third-order valence-corrected chi connectivity index (χ3v) is 4.34. The minimum absolute atomic E-state index is 0.247. The number of sulfonamides is 1. The van der Waals surface area contributed by atoms with Gasteiger partial charge in [0.15, 0.2) is 0 Å². The molecule has 4 nitrogen and oxygen atoms in total. The molecule has 0 aliphatic heterocycles. The van der Waals surface area contributed by atoms with Crippen LogP contribution in [0.2, 0.25) is 0 Å². The second-order valence-corrected chi connectivity index (χ2v) is 5.71. The fourth-order valence-electron chi connectivity index (χ4n) is 1.24. The Balaban J connectivity index is 2.35. The Hall–Kier alpha value is -0.130. The highest BCUT2D eigenvalue weighted by atomic mass is 32.2. The van der Waals surface area contributed by atoms with E-state index in [1.165, 1.54) is 4.31 Å². The first kappa shape index (κ1) is 10.9. The van der Waals surface area contributed by atoms with Crippen molar-refractivity contribution >= 4 is 10.0 Å². The summed E-state index contributed by atoms with van der Waals surface area (Å²) in [6.07, 6.45) is 3.51. The molecule has 0 aromatic rings. The maximum Gasteiger partial charge on any atom is 0.214 e. The summed E-state index contributed by atoms with van der Waals surface area (Å²) >= 11 is 0. The van der Waals surface area contributed by atoms with Gasteiger partial charge in [0, 0.05) is 13.1 Å². The van der Waals surface area contributed by atoms with Crippen molar-refractivity contribution in [3.05, 3.63) is 0 Å². The number of unbranched alkanes of at least 4 members (excludes halogenated alkanes) is 1. The van der Waals surface area contributed by atoms with Gasteiger partial charge in [0.05, 0.1) is 5.75 Å². The molecule has 0 atom stereocenters. The molecule has 0 bridgehead atoms. The quantitative estimate of drug-likeness (QED) is 0.629. The molecule has 2 N–H and O–H groups in total. The standard InChI is InChI=1S/C8H18N2O2S/c1-10(8-4-5-8)13(11,12)7-3-2-6-9/h8H,2-7,9H2,1H3. The highest BCUT2D eigenvalue weighted by molar-refractivity contribution is 7.89. The van der Waals surface area contributed by atoms with E-state index in [4.69, 9.17) is 5.73 Å². The molecule has 0 amide bonds. The van der Waals surface area contributed by atoms with Crippen LogP contribution in [0, 0.1) is 0 Å². The lowest BCUT2D eigenvalue weighted by Crippen LogP contribution is -2.31. The van der Waals surface area contributed by atoms with E-state index < -0.39 is 10.0 Å². The van der Waals surface area contributed by atoms with Crippen LogP contribution in [-0.2, 0) is 10.0 Å². The summed E-state index contributed by atoms with van der Waals surface area (Å²) in [5.41, 5.74) is 5.30. The van der Waals surface area contributed by atoms with Crippen molar-refractivity contribution in [1.82, 2.24) is 4.31 Å². The fourth-order valence-corrected chi connectivity index (χ4v) is 2.76. The second kappa shape index (κ2) is 4.39. The molecule has 13 heavy (non-hydrogen) atoms. The van der Waals surface area contributed by atoms with E-state index in [9.17, 15) is 8.42 Å². The molecule has 0 radical (unpaired) electrons. The molecule has 0 heterocycles. The number of rotatable bonds is 6. The Morgan fingerprint density at radius 3 is 2.46 bits per heavy atom. The van der Waals surface area contributed by atoms with Gasteiger partial charge < -0.3 is 5.73 Å². The summed E-state index contributed by atoms with van der Waals surface area (Å²) in [7, 11) is -1.32. The number of hydrogen-bond donors (Lipinski definition) is 1. The zero-order chi connectivity index (χ0) is 9.90. The highest BCUT2D eigenvalue weighted by Gasteiger charge is 2.33. The Labute approximate surface area is 80.1 Å². The van der Waals surface area contributed by atoms with Crippen LogP contribution in [-0.4, -0.2) is 38.1 Å². The van der Waals surface area contributed by atoms with Crippen molar-refractivity contribution in [2.24, 2.45) is 5.73 Å². The average molecular weight is 206 g/mol. The molecule has 0 saturated heterocycles. The zero-order valence-corrected chi connectivity index (χ0v) is 8.89. The largest absolute Gasteiger partial charge is 0.330 e. The van der Waals surface area contributed by atoms with Gasteiger partial charge in [0.1, 0.15) is 0 Å². The Morgan fingerprint density at radius 2 is 2.00 bits per heavy atom. The van der Waals surface area contributed by atoms with Crippen LogP contribution in [0.1, 0.15) is 25.7 Å². The second-order valence-electron chi connectivity index (χ2n) is 3.56. The molecule has 78 valence electrons. The van der Waals surface area contributed by atoms with Crippen LogP contribution in [0.4, 0.5) is 0 Å². The molecular formula is C8H18N2O2S. The molecule has 5 heteroatoms. The van der Waals surface area contributed by atoms with Crippen molar-refractivity contribution in [2.75, 3.05) is 19.3 Å². The average Bonchev–Trinajstić information content (AvgIpc) is 2.86. The van der Waals surface area contributed by atoms with Gasteiger partial charge >= 0.3 is 0 Å². The maximum absolute atomic E-state index is 11.6. The first-order valence-electron chi connectivity index (χ1n) is 4.73. The van der Waals surface area contributed by atoms with E-state index in [0.29, 0.717) is 13.0 Å². The Kier molecular flexibility index (Phi) is 3.70. The molecular weight excluding hydrogens is 188 g/mol. The predicted octanol–water partition coefficient (Wildman–Crippen LogP) is 0.149. The van der Waals surface area contributed by atoms with Crippen LogP contribution in [0.5, 0.6) is 0 Å². The van der Waals surface area contributed by atoms with Gasteiger partial charge in [0.2, 0.25) is 10.0 Å². The monoisotopic (exact) mass is 206 g/mol. The molecule has 0 aromatic carbocycles. The minimum Gasteiger partial charge on any atom is -0.330 e. The lowest BCUT2D eigenvalue weighted by atomic mass is 10.3. The Bertz CT molecular complexity index is 247. The van der Waals surface area contributed by atoms with Crippen LogP contribution >= 0.6 is 0 Å². The summed E-state index contributed by atoms with van der Waals surface area (Å²) in [5.74, 6) is 0.247. The van der Waals surface area contributed by atoms with E-state index >= 15 is 0 Å². The SMILES string of the molecule is CN(C1CC1)S(=O)(=O)CCCCN. The molecule has 1 rings (SSSR count). The lowest BCUT2D eigenvalue weighted by Gasteiger charge is -2.15. The highest BCUT2D eigenvalue weighted by Crippen LogP contribution is 2.27. The first-order chi connectivity index (χ1) is 6.08. The first-order valence-corrected chi connectivity index (χ1v) is 6.34. The van der Waals surface area contributed by atoms with Crippen molar-refractivity contribution in [1.29, 1.82) is 0 Å². The van der Waals surface area contributed by atoms with Gasteiger partial charge in [-0.05, 0) is 32.2 Å². The van der Waals surface area contributed by atoms with Crippen molar-refractivity contribution in [3.63, 3.8) is 0 Å². The van der Waals surface area contributed by atoms with E-state index in [1.807, 2.05) is 0 Å². The van der Waals surface area contributed by atoms with Crippen molar-refractivity contribution < 1.29 is 8.42 Å². The third kappa shape index (κ3) is 3.25. The van der Waals surface area contributed by atoms with Crippen LogP contribution in [0.15, 0.2) is 0 Å². The van der Waals surface area contributed by atoms with Gasteiger partial charge in [0.25, 0.3) is 0 Å². The normalized spacial score (nSPS) is 18.1. The zero-order valence-electron chi connectivity index (χ0n) is 8.07. The van der Waals surface area contributed by atoms with E-state index in [2.05, 4.69) is 0 Å². The predicted molar refractivity (Wildman–Crippen MR) is 52.9 cm³/mol. The van der Waals surface area contributed by atoms with Crippen LogP contribution in [0.25, 0.3) is 0 Å². The van der Waals surface area contributed by atoms with Gasteiger partial charge in [-0.25, -0.2) is 12.7 Å². The van der Waals surface area contributed by atoms with Crippen LogP contribution < -0.4 is 5.73 Å². The molecule has 0 unspecified atom stereocenters.